The Kier molecular flexibility index (Phi) is 8.45. The Labute approximate surface area is 127 Å². The second kappa shape index (κ2) is 8.94. The molecular formula is C12H16Cl2F2N2O2. The van der Waals surface area contributed by atoms with E-state index in [2.05, 4.69) is 10.1 Å². The standard InChI is InChI=1S/C12H15ClF2N2O2.ClH/c1-7(16)2-5-11(18)17-8-3-4-10(9(13)6-8)19-12(14)15;/h3-4,6-7,12H,2,5,16H2,1H3,(H,17,18);1H. The predicted octanol–water partition coefficient (Wildman–Crippen LogP) is 3.43. The molecule has 0 radical (unpaired) electrons. The maximum atomic E-state index is 12.0. The molecule has 3 N–H and O–H groups in total. The summed E-state index contributed by atoms with van der Waals surface area (Å²) >= 11 is 5.75. The molecule has 0 bridgehead atoms. The number of ether oxygens (including phenoxy) is 1. The first-order chi connectivity index (χ1) is 8.88. The quantitative estimate of drug-likeness (QED) is 0.840. The first-order valence-electron chi connectivity index (χ1n) is 5.68. The molecule has 1 rings (SSSR count). The van der Waals surface area contributed by atoms with E-state index in [4.69, 9.17) is 17.3 Å². The van der Waals surface area contributed by atoms with E-state index in [0.29, 0.717) is 12.1 Å². The third-order valence-electron chi connectivity index (χ3n) is 2.26. The third kappa shape index (κ3) is 6.88. The van der Waals surface area contributed by atoms with Crippen LogP contribution < -0.4 is 15.8 Å². The summed E-state index contributed by atoms with van der Waals surface area (Å²) in [6, 6.07) is 4.00. The monoisotopic (exact) mass is 328 g/mol. The van der Waals surface area contributed by atoms with Crippen molar-refractivity contribution in [1.29, 1.82) is 0 Å². The number of amides is 1. The van der Waals surface area contributed by atoms with E-state index in [-0.39, 0.29) is 41.5 Å². The van der Waals surface area contributed by atoms with Crippen LogP contribution in [0.1, 0.15) is 19.8 Å². The maximum absolute atomic E-state index is 12.0. The number of halogens is 4. The average molecular weight is 329 g/mol. The smallest absolute Gasteiger partial charge is 0.387 e. The predicted molar refractivity (Wildman–Crippen MR) is 76.8 cm³/mol. The van der Waals surface area contributed by atoms with Gasteiger partial charge in [-0.15, -0.1) is 12.4 Å². The van der Waals surface area contributed by atoms with Gasteiger partial charge in [0.15, 0.2) is 0 Å². The van der Waals surface area contributed by atoms with Crippen LogP contribution in [0.5, 0.6) is 5.75 Å². The van der Waals surface area contributed by atoms with Gasteiger partial charge in [-0.2, -0.15) is 8.78 Å². The van der Waals surface area contributed by atoms with Crippen LogP contribution >= 0.6 is 24.0 Å². The Balaban J connectivity index is 0.00000361. The zero-order chi connectivity index (χ0) is 14.4. The first-order valence-corrected chi connectivity index (χ1v) is 6.06. The van der Waals surface area contributed by atoms with Crippen LogP contribution in [0.25, 0.3) is 0 Å². The Morgan fingerprint density at radius 2 is 2.15 bits per heavy atom. The number of carbonyl (C=O) groups is 1. The molecule has 20 heavy (non-hydrogen) atoms. The number of alkyl halides is 2. The molecule has 0 fully saturated rings. The van der Waals surface area contributed by atoms with Gasteiger partial charge in [-0.3, -0.25) is 4.79 Å². The van der Waals surface area contributed by atoms with E-state index < -0.39 is 6.61 Å². The van der Waals surface area contributed by atoms with Crippen LogP contribution in [0.2, 0.25) is 5.02 Å². The van der Waals surface area contributed by atoms with Gasteiger partial charge < -0.3 is 15.8 Å². The van der Waals surface area contributed by atoms with Crippen molar-refractivity contribution in [3.8, 4) is 5.75 Å². The zero-order valence-electron chi connectivity index (χ0n) is 10.7. The number of rotatable bonds is 6. The van der Waals surface area contributed by atoms with Crippen molar-refractivity contribution in [3.63, 3.8) is 0 Å². The largest absolute Gasteiger partial charge is 0.433 e. The minimum atomic E-state index is -2.94. The summed E-state index contributed by atoms with van der Waals surface area (Å²) in [5.74, 6) is -0.346. The van der Waals surface area contributed by atoms with Crippen LogP contribution in [0.3, 0.4) is 0 Å². The van der Waals surface area contributed by atoms with Gasteiger partial charge >= 0.3 is 6.61 Å². The normalized spacial score (nSPS) is 11.7. The lowest BCUT2D eigenvalue weighted by atomic mass is 10.2. The van der Waals surface area contributed by atoms with Crippen molar-refractivity contribution in [1.82, 2.24) is 0 Å². The minimum absolute atomic E-state index is 0. The molecule has 1 amide bonds. The number of carbonyl (C=O) groups excluding carboxylic acids is 1. The Morgan fingerprint density at radius 1 is 1.50 bits per heavy atom. The van der Waals surface area contributed by atoms with Gasteiger partial charge in [0.2, 0.25) is 5.91 Å². The molecule has 114 valence electrons. The van der Waals surface area contributed by atoms with Gasteiger partial charge in [0, 0.05) is 18.2 Å². The maximum Gasteiger partial charge on any atom is 0.387 e. The van der Waals surface area contributed by atoms with E-state index in [1.807, 2.05) is 0 Å². The average Bonchev–Trinajstić information content (AvgIpc) is 2.29. The van der Waals surface area contributed by atoms with Gasteiger partial charge in [0.05, 0.1) is 5.02 Å². The van der Waals surface area contributed by atoms with E-state index >= 15 is 0 Å². The van der Waals surface area contributed by atoms with Crippen LogP contribution in [0.4, 0.5) is 14.5 Å². The third-order valence-corrected chi connectivity index (χ3v) is 2.55. The lowest BCUT2D eigenvalue weighted by molar-refractivity contribution is -0.116. The second-order valence-electron chi connectivity index (χ2n) is 4.09. The van der Waals surface area contributed by atoms with E-state index in [0.717, 1.165) is 0 Å². The molecule has 0 saturated heterocycles. The summed E-state index contributed by atoms with van der Waals surface area (Å²) in [6.45, 7) is -1.13. The molecule has 1 atom stereocenters. The summed E-state index contributed by atoms with van der Waals surface area (Å²) < 4.78 is 28.2. The molecule has 1 unspecified atom stereocenters. The van der Waals surface area contributed by atoms with Crippen LogP contribution in [-0.4, -0.2) is 18.6 Å². The number of anilines is 1. The van der Waals surface area contributed by atoms with Crippen molar-refractivity contribution >= 4 is 35.6 Å². The van der Waals surface area contributed by atoms with Crippen molar-refractivity contribution in [3.05, 3.63) is 23.2 Å². The fourth-order valence-corrected chi connectivity index (χ4v) is 1.58. The first kappa shape index (κ1) is 18.9. The highest BCUT2D eigenvalue weighted by molar-refractivity contribution is 6.32. The molecule has 4 nitrogen and oxygen atoms in total. The molecule has 0 aromatic heterocycles. The topological polar surface area (TPSA) is 64.4 Å². The van der Waals surface area contributed by atoms with Gasteiger partial charge in [-0.25, -0.2) is 0 Å². The number of nitrogens with one attached hydrogen (secondary N) is 1. The Hall–Kier alpha value is -1.11. The van der Waals surface area contributed by atoms with Gasteiger partial charge in [0.1, 0.15) is 5.75 Å². The molecular weight excluding hydrogens is 313 g/mol. The molecule has 1 aromatic rings. The molecule has 0 spiro atoms. The van der Waals surface area contributed by atoms with Crippen LogP contribution in [-0.2, 0) is 4.79 Å². The SMILES string of the molecule is CC(N)CCC(=O)Nc1ccc(OC(F)F)c(Cl)c1.Cl. The zero-order valence-corrected chi connectivity index (χ0v) is 12.3. The molecule has 0 saturated carbocycles. The molecule has 0 aliphatic carbocycles. The van der Waals surface area contributed by atoms with Crippen molar-refractivity contribution in [2.24, 2.45) is 5.73 Å². The summed E-state index contributed by atoms with van der Waals surface area (Å²) in [4.78, 5) is 11.5. The molecule has 8 heteroatoms. The highest BCUT2D eigenvalue weighted by Gasteiger charge is 2.10. The van der Waals surface area contributed by atoms with Gasteiger partial charge in [-0.05, 0) is 31.5 Å². The van der Waals surface area contributed by atoms with E-state index in [1.54, 1.807) is 6.92 Å². The van der Waals surface area contributed by atoms with Crippen molar-refractivity contribution in [2.45, 2.75) is 32.4 Å². The summed E-state index contributed by atoms with van der Waals surface area (Å²) in [5, 5.41) is 2.60. The fraction of sp³-hybridized carbons (Fsp3) is 0.417. The number of benzene rings is 1. The highest BCUT2D eigenvalue weighted by Crippen LogP contribution is 2.28. The summed E-state index contributed by atoms with van der Waals surface area (Å²) in [7, 11) is 0. The minimum Gasteiger partial charge on any atom is -0.433 e. The lowest BCUT2D eigenvalue weighted by Gasteiger charge is -2.10. The van der Waals surface area contributed by atoms with E-state index in [1.165, 1.54) is 18.2 Å². The van der Waals surface area contributed by atoms with Crippen molar-refractivity contribution in [2.75, 3.05) is 5.32 Å². The Bertz CT molecular complexity index is 445. The highest BCUT2D eigenvalue weighted by atomic mass is 35.5. The number of hydrogen-bond acceptors (Lipinski definition) is 3. The van der Waals surface area contributed by atoms with Gasteiger partial charge in [-0.1, -0.05) is 11.6 Å². The van der Waals surface area contributed by atoms with Gasteiger partial charge in [0.25, 0.3) is 0 Å². The number of hydrogen-bond donors (Lipinski definition) is 2. The Morgan fingerprint density at radius 3 is 2.65 bits per heavy atom. The second-order valence-corrected chi connectivity index (χ2v) is 4.50. The van der Waals surface area contributed by atoms with Crippen LogP contribution in [0.15, 0.2) is 18.2 Å². The summed E-state index contributed by atoms with van der Waals surface area (Å²) in [5.41, 5.74) is 5.95. The summed E-state index contributed by atoms with van der Waals surface area (Å²) in [6.07, 6.45) is 0.844. The fourth-order valence-electron chi connectivity index (χ4n) is 1.35. The van der Waals surface area contributed by atoms with E-state index in [9.17, 15) is 13.6 Å². The number of nitrogens with two attached hydrogens (primary N) is 1. The molecule has 0 aliphatic rings. The lowest BCUT2D eigenvalue weighted by Crippen LogP contribution is -2.19. The molecule has 1 aromatic carbocycles. The van der Waals surface area contributed by atoms with Crippen LogP contribution in [0, 0.1) is 0 Å². The molecule has 0 aliphatic heterocycles. The molecule has 0 heterocycles. The van der Waals surface area contributed by atoms with Crippen molar-refractivity contribution < 1.29 is 18.3 Å².